The Bertz CT molecular complexity index is 597. The molecule has 1 saturated heterocycles. The van der Waals surface area contributed by atoms with Gasteiger partial charge in [0.25, 0.3) is 0 Å². The fourth-order valence-electron chi connectivity index (χ4n) is 2.79. The van der Waals surface area contributed by atoms with Crippen LogP contribution in [0, 0.1) is 0 Å². The monoisotopic (exact) mass is 364 g/mol. The van der Waals surface area contributed by atoms with Crippen LogP contribution in [0.2, 0.25) is 0 Å². The third-order valence-corrected chi connectivity index (χ3v) is 3.91. The van der Waals surface area contributed by atoms with Crippen molar-refractivity contribution in [1.29, 1.82) is 0 Å². The van der Waals surface area contributed by atoms with E-state index in [-0.39, 0.29) is 43.4 Å². The molecule has 1 aromatic rings. The van der Waals surface area contributed by atoms with E-state index in [1.807, 2.05) is 0 Å². The summed E-state index contributed by atoms with van der Waals surface area (Å²) in [6.07, 6.45) is 1.73. The van der Waals surface area contributed by atoms with Crippen LogP contribution in [0.15, 0.2) is 12.1 Å². The van der Waals surface area contributed by atoms with Gasteiger partial charge in [-0.3, -0.25) is 4.79 Å². The van der Waals surface area contributed by atoms with Gasteiger partial charge in [-0.2, -0.15) is 8.78 Å². The number of fused-ring (bicyclic) bond motifs is 1. The summed E-state index contributed by atoms with van der Waals surface area (Å²) in [5.41, 5.74) is 0.448. The number of carbonyl (C=O) groups excluding carboxylic acids is 1. The summed E-state index contributed by atoms with van der Waals surface area (Å²) >= 11 is 0. The Balaban J connectivity index is 0.00000208. The highest BCUT2D eigenvalue weighted by molar-refractivity contribution is 5.85. The van der Waals surface area contributed by atoms with Crippen molar-refractivity contribution in [3.63, 3.8) is 0 Å². The quantitative estimate of drug-likeness (QED) is 0.867. The van der Waals surface area contributed by atoms with Gasteiger partial charge in [0.15, 0.2) is 11.5 Å². The molecule has 0 radical (unpaired) electrons. The third kappa shape index (κ3) is 3.99. The minimum absolute atomic E-state index is 0. The Kier molecular flexibility index (Phi) is 6.06. The third-order valence-electron chi connectivity index (χ3n) is 3.91. The number of ether oxygens (including phenoxy) is 3. The van der Waals surface area contributed by atoms with E-state index in [1.54, 1.807) is 13.1 Å². The summed E-state index contributed by atoms with van der Waals surface area (Å²) in [4.78, 5) is 13.8. The van der Waals surface area contributed by atoms with Crippen LogP contribution in [-0.4, -0.2) is 43.8 Å². The Morgan fingerprint density at radius 2 is 2.12 bits per heavy atom. The largest absolute Gasteiger partial charge is 0.454 e. The van der Waals surface area contributed by atoms with Gasteiger partial charge in [-0.25, -0.2) is 0 Å². The first kappa shape index (κ1) is 18.5. The van der Waals surface area contributed by atoms with E-state index in [1.165, 1.54) is 11.0 Å². The average Bonchev–Trinajstić information content (AvgIpc) is 3.16. The van der Waals surface area contributed by atoms with Gasteiger partial charge in [-0.1, -0.05) is 0 Å². The standard InChI is InChI=1S/C15H18F2N2O4.ClH/c1-19(14(20)10-3-2-4-18-10)7-9-5-12-13(22-8-21-12)6-11(9)23-15(16)17;/h5-6,10,15,18H,2-4,7-8H2,1H3;1H. The van der Waals surface area contributed by atoms with Gasteiger partial charge in [0.1, 0.15) is 5.75 Å². The molecule has 1 N–H and O–H groups in total. The zero-order valence-corrected chi connectivity index (χ0v) is 13.9. The lowest BCUT2D eigenvalue weighted by Crippen LogP contribution is -2.41. The van der Waals surface area contributed by atoms with Gasteiger partial charge >= 0.3 is 6.61 Å². The summed E-state index contributed by atoms with van der Waals surface area (Å²) in [6, 6.07) is 2.73. The van der Waals surface area contributed by atoms with Crippen molar-refractivity contribution in [1.82, 2.24) is 10.2 Å². The molecular formula is C15H19ClF2N2O4. The first-order valence-corrected chi connectivity index (χ1v) is 7.40. The van der Waals surface area contributed by atoms with Crippen molar-refractivity contribution >= 4 is 18.3 Å². The van der Waals surface area contributed by atoms with E-state index < -0.39 is 6.61 Å². The predicted octanol–water partition coefficient (Wildman–Crippen LogP) is 2.15. The van der Waals surface area contributed by atoms with Crippen molar-refractivity contribution in [3.8, 4) is 17.2 Å². The molecule has 0 aromatic heterocycles. The van der Waals surface area contributed by atoms with Crippen molar-refractivity contribution in [3.05, 3.63) is 17.7 Å². The zero-order chi connectivity index (χ0) is 16.4. The van der Waals surface area contributed by atoms with Crippen LogP contribution >= 0.6 is 12.4 Å². The highest BCUT2D eigenvalue weighted by Crippen LogP contribution is 2.39. The number of carbonyl (C=O) groups is 1. The van der Waals surface area contributed by atoms with Crippen molar-refractivity contribution in [2.45, 2.75) is 32.0 Å². The Morgan fingerprint density at radius 1 is 1.42 bits per heavy atom. The number of nitrogens with zero attached hydrogens (tertiary/aromatic N) is 1. The first-order chi connectivity index (χ1) is 11.0. The molecule has 1 atom stereocenters. The number of benzene rings is 1. The molecule has 0 bridgehead atoms. The summed E-state index contributed by atoms with van der Waals surface area (Å²) in [7, 11) is 1.64. The van der Waals surface area contributed by atoms with Gasteiger partial charge in [-0.05, 0) is 25.5 Å². The minimum Gasteiger partial charge on any atom is -0.454 e. The number of amides is 1. The second-order valence-electron chi connectivity index (χ2n) is 5.53. The molecule has 134 valence electrons. The molecule has 2 heterocycles. The maximum atomic E-state index is 12.6. The van der Waals surface area contributed by atoms with Crippen LogP contribution in [0.5, 0.6) is 17.2 Å². The van der Waals surface area contributed by atoms with E-state index in [4.69, 9.17) is 9.47 Å². The highest BCUT2D eigenvalue weighted by atomic mass is 35.5. The second kappa shape index (κ2) is 7.85. The predicted molar refractivity (Wildman–Crippen MR) is 83.9 cm³/mol. The maximum Gasteiger partial charge on any atom is 0.387 e. The number of hydrogen-bond donors (Lipinski definition) is 1. The van der Waals surface area contributed by atoms with Gasteiger partial charge in [0.2, 0.25) is 12.7 Å². The van der Waals surface area contributed by atoms with Crippen LogP contribution in [-0.2, 0) is 11.3 Å². The summed E-state index contributed by atoms with van der Waals surface area (Å²) in [5, 5.41) is 3.12. The molecule has 0 aliphatic carbocycles. The number of alkyl halides is 2. The number of nitrogens with one attached hydrogen (secondary N) is 1. The highest BCUT2D eigenvalue weighted by Gasteiger charge is 2.27. The van der Waals surface area contributed by atoms with E-state index >= 15 is 0 Å². The van der Waals surface area contributed by atoms with Crippen LogP contribution in [0.25, 0.3) is 0 Å². The fraction of sp³-hybridized carbons (Fsp3) is 0.533. The lowest BCUT2D eigenvalue weighted by molar-refractivity contribution is -0.132. The van der Waals surface area contributed by atoms with E-state index in [9.17, 15) is 13.6 Å². The van der Waals surface area contributed by atoms with Crippen LogP contribution in [0.3, 0.4) is 0 Å². The minimum atomic E-state index is -2.95. The molecule has 1 aromatic carbocycles. The molecule has 2 aliphatic heterocycles. The number of halogens is 3. The molecular weight excluding hydrogens is 346 g/mol. The Hall–Kier alpha value is -1.80. The van der Waals surface area contributed by atoms with Crippen molar-refractivity contribution in [2.75, 3.05) is 20.4 Å². The molecule has 24 heavy (non-hydrogen) atoms. The normalized spacial score (nSPS) is 18.4. The van der Waals surface area contributed by atoms with Crippen LogP contribution < -0.4 is 19.5 Å². The van der Waals surface area contributed by atoms with Gasteiger partial charge < -0.3 is 24.4 Å². The van der Waals surface area contributed by atoms with Gasteiger partial charge in [0, 0.05) is 25.2 Å². The Morgan fingerprint density at radius 3 is 2.75 bits per heavy atom. The number of likely N-dealkylation sites (N-methyl/N-ethyl adjacent to an activating group) is 1. The smallest absolute Gasteiger partial charge is 0.387 e. The average molecular weight is 365 g/mol. The molecule has 1 unspecified atom stereocenters. The summed E-state index contributed by atoms with van der Waals surface area (Å²) in [6.45, 7) is -1.95. The first-order valence-electron chi connectivity index (χ1n) is 7.40. The maximum absolute atomic E-state index is 12.6. The Labute approximate surface area is 144 Å². The molecule has 0 spiro atoms. The van der Waals surface area contributed by atoms with E-state index in [0.29, 0.717) is 17.1 Å². The summed E-state index contributed by atoms with van der Waals surface area (Å²) < 4.78 is 40.2. The van der Waals surface area contributed by atoms with Gasteiger partial charge in [0.05, 0.1) is 6.04 Å². The molecule has 1 amide bonds. The van der Waals surface area contributed by atoms with E-state index in [2.05, 4.69) is 10.1 Å². The number of rotatable bonds is 5. The topological polar surface area (TPSA) is 60.0 Å². The second-order valence-corrected chi connectivity index (χ2v) is 5.53. The number of hydrogen-bond acceptors (Lipinski definition) is 5. The van der Waals surface area contributed by atoms with Gasteiger partial charge in [-0.15, -0.1) is 12.4 Å². The fourth-order valence-corrected chi connectivity index (χ4v) is 2.79. The molecule has 2 aliphatic rings. The SMILES string of the molecule is CN(Cc1cc2c(cc1OC(F)F)OCO2)C(=O)C1CCCN1.Cl. The molecule has 1 fully saturated rings. The molecule has 6 nitrogen and oxygen atoms in total. The molecule has 9 heteroatoms. The zero-order valence-electron chi connectivity index (χ0n) is 13.1. The van der Waals surface area contributed by atoms with Crippen molar-refractivity contribution in [2.24, 2.45) is 0 Å². The lowest BCUT2D eigenvalue weighted by Gasteiger charge is -2.22. The van der Waals surface area contributed by atoms with Crippen LogP contribution in [0.4, 0.5) is 8.78 Å². The van der Waals surface area contributed by atoms with Crippen LogP contribution in [0.1, 0.15) is 18.4 Å². The molecule has 3 rings (SSSR count). The van der Waals surface area contributed by atoms with E-state index in [0.717, 1.165) is 19.4 Å². The molecule has 0 saturated carbocycles. The lowest BCUT2D eigenvalue weighted by atomic mass is 10.1. The van der Waals surface area contributed by atoms with Crippen molar-refractivity contribution < 1.29 is 27.8 Å². The summed E-state index contributed by atoms with van der Waals surface area (Å²) in [5.74, 6) is 0.740.